The number of pyridine rings is 1. The number of aliphatic hydroxyl groups is 1. The lowest BCUT2D eigenvalue weighted by Gasteiger charge is -2.10. The van der Waals surface area contributed by atoms with Crippen LogP contribution >= 0.6 is 27.5 Å². The van der Waals surface area contributed by atoms with Gasteiger partial charge in [0.1, 0.15) is 0 Å². The monoisotopic (exact) mass is 299 g/mol. The Hall–Kier alpha value is -0.640. The minimum Gasteiger partial charge on any atom is -0.387 e. The van der Waals surface area contributed by atoms with Crippen LogP contribution in [-0.4, -0.2) is 10.1 Å². The van der Waals surface area contributed by atoms with Gasteiger partial charge in [-0.15, -0.1) is 0 Å². The van der Waals surface area contributed by atoms with Crippen molar-refractivity contribution >= 4 is 38.4 Å². The zero-order valence-corrected chi connectivity index (χ0v) is 11.3. The normalized spacial score (nSPS) is 13.1. The molecule has 4 heteroatoms. The van der Waals surface area contributed by atoms with Crippen LogP contribution in [0.25, 0.3) is 10.9 Å². The number of fused-ring (bicyclic) bond motifs is 1. The van der Waals surface area contributed by atoms with Crippen molar-refractivity contribution in [3.63, 3.8) is 0 Å². The van der Waals surface area contributed by atoms with Gasteiger partial charge in [0.2, 0.25) is 0 Å². The van der Waals surface area contributed by atoms with Gasteiger partial charge in [0, 0.05) is 9.86 Å². The Bertz CT molecular complexity index is 554. The van der Waals surface area contributed by atoms with E-state index in [-0.39, 0.29) is 0 Å². The predicted molar refractivity (Wildman–Crippen MR) is 69.8 cm³/mol. The van der Waals surface area contributed by atoms with Crippen molar-refractivity contribution < 1.29 is 5.11 Å². The highest BCUT2D eigenvalue weighted by atomic mass is 79.9. The molecule has 2 aromatic rings. The molecule has 1 aromatic heterocycles. The first-order valence-electron chi connectivity index (χ1n) is 4.94. The van der Waals surface area contributed by atoms with E-state index in [0.717, 1.165) is 20.9 Å². The Kier molecular flexibility index (Phi) is 3.19. The van der Waals surface area contributed by atoms with Crippen molar-refractivity contribution in [3.8, 4) is 0 Å². The molecular formula is C12H11BrClNO. The van der Waals surface area contributed by atoms with Crippen LogP contribution in [0.3, 0.4) is 0 Å². The Morgan fingerprint density at radius 2 is 2.12 bits per heavy atom. The van der Waals surface area contributed by atoms with Crippen molar-refractivity contribution in [1.29, 1.82) is 0 Å². The molecule has 16 heavy (non-hydrogen) atoms. The van der Waals surface area contributed by atoms with Gasteiger partial charge in [-0.2, -0.15) is 0 Å². The maximum Gasteiger partial charge on any atom is 0.0932 e. The smallest absolute Gasteiger partial charge is 0.0932 e. The lowest BCUT2D eigenvalue weighted by atomic mass is 10.1. The van der Waals surface area contributed by atoms with Crippen LogP contribution in [0.4, 0.5) is 0 Å². The lowest BCUT2D eigenvalue weighted by Crippen LogP contribution is -1.97. The Morgan fingerprint density at radius 1 is 1.44 bits per heavy atom. The summed E-state index contributed by atoms with van der Waals surface area (Å²) >= 11 is 9.62. The average molecular weight is 301 g/mol. The van der Waals surface area contributed by atoms with Crippen LogP contribution in [0.2, 0.25) is 5.02 Å². The molecule has 0 fully saturated rings. The lowest BCUT2D eigenvalue weighted by molar-refractivity contribution is 0.195. The summed E-state index contributed by atoms with van der Waals surface area (Å²) in [6.07, 6.45) is -0.611. The van der Waals surface area contributed by atoms with Crippen LogP contribution in [0.15, 0.2) is 22.7 Å². The van der Waals surface area contributed by atoms with Crippen molar-refractivity contribution in [3.05, 3.63) is 39.0 Å². The molecule has 2 nitrogen and oxygen atoms in total. The van der Waals surface area contributed by atoms with E-state index in [1.807, 2.05) is 19.1 Å². The number of benzene rings is 1. The third-order valence-electron chi connectivity index (χ3n) is 2.57. The zero-order chi connectivity index (χ0) is 11.9. The summed E-state index contributed by atoms with van der Waals surface area (Å²) in [7, 11) is 0. The first-order valence-corrected chi connectivity index (χ1v) is 6.11. The number of aliphatic hydroxyl groups excluding tert-OH is 1. The van der Waals surface area contributed by atoms with Gasteiger partial charge in [0.05, 0.1) is 22.3 Å². The van der Waals surface area contributed by atoms with Gasteiger partial charge in [0.25, 0.3) is 0 Å². The fourth-order valence-electron chi connectivity index (χ4n) is 1.60. The zero-order valence-electron chi connectivity index (χ0n) is 8.96. The number of hydrogen-bond donors (Lipinski definition) is 1. The molecule has 0 saturated heterocycles. The number of hydrogen-bond acceptors (Lipinski definition) is 2. The second-order valence-electron chi connectivity index (χ2n) is 3.77. The van der Waals surface area contributed by atoms with Gasteiger partial charge in [-0.3, -0.25) is 0 Å². The minimum atomic E-state index is -0.611. The fourth-order valence-corrected chi connectivity index (χ4v) is 2.18. The second kappa shape index (κ2) is 4.32. The standard InChI is InChI=1S/C12H11BrClNO/c1-6-9(13)4-3-8-10(14)5-11(7(2)16)15-12(6)8/h3-5,7,16H,1-2H3/t7-/m1/s1. The maximum atomic E-state index is 9.53. The SMILES string of the molecule is Cc1c(Br)ccc2c(Cl)cc([C@@H](C)O)nc12. The van der Waals surface area contributed by atoms with Crippen molar-refractivity contribution in [2.45, 2.75) is 20.0 Å². The number of aromatic nitrogens is 1. The highest BCUT2D eigenvalue weighted by Gasteiger charge is 2.11. The molecule has 0 radical (unpaired) electrons. The summed E-state index contributed by atoms with van der Waals surface area (Å²) in [5.74, 6) is 0. The predicted octanol–water partition coefficient (Wildman–Crippen LogP) is 4.01. The van der Waals surface area contributed by atoms with Gasteiger partial charge in [-0.1, -0.05) is 33.6 Å². The minimum absolute atomic E-state index is 0.596. The van der Waals surface area contributed by atoms with E-state index in [9.17, 15) is 5.11 Å². The Morgan fingerprint density at radius 3 is 2.75 bits per heavy atom. The number of aryl methyl sites for hydroxylation is 1. The molecule has 0 aliphatic carbocycles. The summed E-state index contributed by atoms with van der Waals surface area (Å²) in [6.45, 7) is 3.65. The van der Waals surface area contributed by atoms with E-state index in [0.29, 0.717) is 10.7 Å². The highest BCUT2D eigenvalue weighted by Crippen LogP contribution is 2.30. The van der Waals surface area contributed by atoms with E-state index in [4.69, 9.17) is 11.6 Å². The van der Waals surface area contributed by atoms with Crippen molar-refractivity contribution in [1.82, 2.24) is 4.98 Å². The molecular weight excluding hydrogens is 289 g/mol. The van der Waals surface area contributed by atoms with Crippen LogP contribution < -0.4 is 0 Å². The van der Waals surface area contributed by atoms with Crippen LogP contribution in [-0.2, 0) is 0 Å². The summed E-state index contributed by atoms with van der Waals surface area (Å²) < 4.78 is 0.992. The molecule has 0 aliphatic heterocycles. The maximum absolute atomic E-state index is 9.53. The van der Waals surface area contributed by atoms with E-state index in [1.165, 1.54) is 0 Å². The summed E-state index contributed by atoms with van der Waals surface area (Å²) in [5.41, 5.74) is 2.46. The van der Waals surface area contributed by atoms with Crippen molar-refractivity contribution in [2.24, 2.45) is 0 Å². The molecule has 0 saturated carbocycles. The average Bonchev–Trinajstić information content (AvgIpc) is 2.23. The molecule has 2 rings (SSSR count). The molecule has 0 unspecified atom stereocenters. The van der Waals surface area contributed by atoms with E-state index in [2.05, 4.69) is 20.9 Å². The third kappa shape index (κ3) is 1.95. The topological polar surface area (TPSA) is 33.1 Å². The molecule has 0 bridgehead atoms. The largest absolute Gasteiger partial charge is 0.387 e. The molecule has 0 aliphatic rings. The third-order valence-corrected chi connectivity index (χ3v) is 3.74. The fraction of sp³-hybridized carbons (Fsp3) is 0.250. The Balaban J connectivity index is 2.83. The molecule has 1 N–H and O–H groups in total. The van der Waals surface area contributed by atoms with Crippen LogP contribution in [0.1, 0.15) is 24.3 Å². The number of nitrogens with zero attached hydrogens (tertiary/aromatic N) is 1. The van der Waals surface area contributed by atoms with Gasteiger partial charge in [0.15, 0.2) is 0 Å². The number of rotatable bonds is 1. The van der Waals surface area contributed by atoms with Crippen molar-refractivity contribution in [2.75, 3.05) is 0 Å². The summed E-state index contributed by atoms with van der Waals surface area (Å²) in [6, 6.07) is 5.59. The molecule has 0 spiro atoms. The first-order chi connectivity index (χ1) is 7.50. The van der Waals surface area contributed by atoms with Gasteiger partial charge in [-0.05, 0) is 31.5 Å². The van der Waals surface area contributed by atoms with Crippen LogP contribution in [0, 0.1) is 6.92 Å². The molecule has 84 valence electrons. The molecule has 0 amide bonds. The molecule has 1 heterocycles. The quantitative estimate of drug-likeness (QED) is 0.863. The van der Waals surface area contributed by atoms with Gasteiger partial charge in [-0.25, -0.2) is 4.98 Å². The molecule has 1 atom stereocenters. The van der Waals surface area contributed by atoms with Crippen LogP contribution in [0.5, 0.6) is 0 Å². The van der Waals surface area contributed by atoms with E-state index >= 15 is 0 Å². The Labute approximate surface area is 107 Å². The van der Waals surface area contributed by atoms with Gasteiger partial charge >= 0.3 is 0 Å². The second-order valence-corrected chi connectivity index (χ2v) is 5.04. The van der Waals surface area contributed by atoms with Gasteiger partial charge < -0.3 is 5.11 Å². The van der Waals surface area contributed by atoms with E-state index < -0.39 is 6.10 Å². The summed E-state index contributed by atoms with van der Waals surface area (Å²) in [5, 5.41) is 11.1. The highest BCUT2D eigenvalue weighted by molar-refractivity contribution is 9.10. The molecule has 1 aromatic carbocycles. The number of halogens is 2. The van der Waals surface area contributed by atoms with E-state index in [1.54, 1.807) is 13.0 Å². The summed E-state index contributed by atoms with van der Waals surface area (Å²) in [4.78, 5) is 4.43. The first kappa shape index (κ1) is 11.8.